The number of nitrogens with zero attached hydrogens (tertiary/aromatic N) is 2. The molecule has 3 rings (SSSR count). The fourth-order valence-electron chi connectivity index (χ4n) is 3.02. The van der Waals surface area contributed by atoms with Gasteiger partial charge < -0.3 is 15.1 Å². The molecule has 0 atom stereocenters. The van der Waals surface area contributed by atoms with E-state index in [0.717, 1.165) is 30.4 Å². The zero-order chi connectivity index (χ0) is 14.8. The van der Waals surface area contributed by atoms with Gasteiger partial charge in [-0.05, 0) is 31.0 Å². The zero-order valence-corrected chi connectivity index (χ0v) is 13.3. The normalized spacial score (nSPS) is 19.8. The van der Waals surface area contributed by atoms with Crippen LogP contribution in [0.1, 0.15) is 23.2 Å². The van der Waals surface area contributed by atoms with Gasteiger partial charge in [-0.1, -0.05) is 22.0 Å². The van der Waals surface area contributed by atoms with E-state index in [4.69, 9.17) is 0 Å². The standard InChI is InChI=1S/C15H18BrN3O2/c16-12-3-1-2-11(10-12)14(20)18-7-4-13(5-8-18)19-9-6-17-15(19)21/h1-3,10,13H,4-9H2,(H,17,21). The lowest BCUT2D eigenvalue weighted by Gasteiger charge is -2.36. The van der Waals surface area contributed by atoms with Crippen molar-refractivity contribution >= 4 is 27.9 Å². The monoisotopic (exact) mass is 351 g/mol. The van der Waals surface area contributed by atoms with Gasteiger partial charge in [-0.3, -0.25) is 4.79 Å². The predicted octanol–water partition coefficient (Wildman–Crippen LogP) is 2.08. The second-order valence-corrected chi connectivity index (χ2v) is 6.37. The quantitative estimate of drug-likeness (QED) is 0.886. The maximum atomic E-state index is 12.5. The number of hydrogen-bond acceptors (Lipinski definition) is 2. The van der Waals surface area contributed by atoms with Gasteiger partial charge in [0.25, 0.3) is 5.91 Å². The second kappa shape index (κ2) is 6.05. The van der Waals surface area contributed by atoms with Crippen molar-refractivity contribution in [3.8, 4) is 0 Å². The predicted molar refractivity (Wildman–Crippen MR) is 83.2 cm³/mol. The van der Waals surface area contributed by atoms with E-state index in [1.807, 2.05) is 34.1 Å². The largest absolute Gasteiger partial charge is 0.338 e. The number of halogens is 1. The maximum Gasteiger partial charge on any atom is 0.317 e. The van der Waals surface area contributed by atoms with Crippen LogP contribution in [-0.4, -0.2) is 54.0 Å². The summed E-state index contributed by atoms with van der Waals surface area (Å²) in [5, 5.41) is 2.83. The third kappa shape index (κ3) is 3.05. The topological polar surface area (TPSA) is 52.7 Å². The Balaban J connectivity index is 1.60. The van der Waals surface area contributed by atoms with Crippen molar-refractivity contribution in [2.45, 2.75) is 18.9 Å². The summed E-state index contributed by atoms with van der Waals surface area (Å²) >= 11 is 3.39. The molecule has 5 nitrogen and oxygen atoms in total. The summed E-state index contributed by atoms with van der Waals surface area (Å²) in [6, 6.07) is 7.77. The molecule has 2 heterocycles. The van der Waals surface area contributed by atoms with E-state index in [1.54, 1.807) is 0 Å². The lowest BCUT2D eigenvalue weighted by Crippen LogP contribution is -2.47. The van der Waals surface area contributed by atoms with Crippen LogP contribution < -0.4 is 5.32 Å². The molecule has 2 aliphatic rings. The Labute approximate surface area is 132 Å². The van der Waals surface area contributed by atoms with E-state index >= 15 is 0 Å². The number of benzene rings is 1. The first-order valence-electron chi connectivity index (χ1n) is 7.24. The van der Waals surface area contributed by atoms with E-state index in [1.165, 1.54) is 0 Å². The molecule has 1 aromatic carbocycles. The van der Waals surface area contributed by atoms with Crippen LogP contribution >= 0.6 is 15.9 Å². The molecule has 0 bridgehead atoms. The van der Waals surface area contributed by atoms with Crippen molar-refractivity contribution in [3.05, 3.63) is 34.3 Å². The summed E-state index contributed by atoms with van der Waals surface area (Å²) in [4.78, 5) is 27.9. The first-order valence-corrected chi connectivity index (χ1v) is 8.04. The number of nitrogens with one attached hydrogen (secondary N) is 1. The summed E-state index contributed by atoms with van der Waals surface area (Å²) < 4.78 is 0.914. The Morgan fingerprint density at radius 3 is 2.62 bits per heavy atom. The highest BCUT2D eigenvalue weighted by Gasteiger charge is 2.32. The number of amides is 3. The molecule has 112 valence electrons. The highest BCUT2D eigenvalue weighted by molar-refractivity contribution is 9.10. The summed E-state index contributed by atoms with van der Waals surface area (Å²) in [7, 11) is 0. The van der Waals surface area contributed by atoms with E-state index in [2.05, 4.69) is 21.2 Å². The summed E-state index contributed by atoms with van der Waals surface area (Å²) in [6.45, 7) is 2.93. The Bertz CT molecular complexity index is 556. The van der Waals surface area contributed by atoms with E-state index in [0.29, 0.717) is 18.7 Å². The van der Waals surface area contributed by atoms with Gasteiger partial charge in [0.2, 0.25) is 0 Å². The number of piperidine rings is 1. The Morgan fingerprint density at radius 2 is 2.00 bits per heavy atom. The fourth-order valence-corrected chi connectivity index (χ4v) is 3.42. The van der Waals surface area contributed by atoms with Gasteiger partial charge in [-0.2, -0.15) is 0 Å². The van der Waals surface area contributed by atoms with Crippen LogP contribution in [0.25, 0.3) is 0 Å². The molecule has 0 spiro atoms. The molecule has 0 radical (unpaired) electrons. The Morgan fingerprint density at radius 1 is 1.24 bits per heavy atom. The van der Waals surface area contributed by atoms with Crippen LogP contribution in [0.4, 0.5) is 4.79 Å². The minimum atomic E-state index is 0.0340. The summed E-state index contributed by atoms with van der Waals surface area (Å²) in [5.74, 6) is 0.0700. The smallest absolute Gasteiger partial charge is 0.317 e. The van der Waals surface area contributed by atoms with Crippen molar-refractivity contribution < 1.29 is 9.59 Å². The molecule has 2 saturated heterocycles. The average molecular weight is 352 g/mol. The van der Waals surface area contributed by atoms with Crippen molar-refractivity contribution in [1.82, 2.24) is 15.1 Å². The minimum Gasteiger partial charge on any atom is -0.338 e. The molecule has 0 saturated carbocycles. The van der Waals surface area contributed by atoms with Gasteiger partial charge in [0.05, 0.1) is 0 Å². The van der Waals surface area contributed by atoms with Crippen molar-refractivity contribution in [2.75, 3.05) is 26.2 Å². The van der Waals surface area contributed by atoms with E-state index < -0.39 is 0 Å². The Hall–Kier alpha value is -1.56. The molecule has 0 aliphatic carbocycles. The molecule has 0 aromatic heterocycles. The van der Waals surface area contributed by atoms with Gasteiger partial charge in [0, 0.05) is 42.3 Å². The van der Waals surface area contributed by atoms with Crippen molar-refractivity contribution in [1.29, 1.82) is 0 Å². The van der Waals surface area contributed by atoms with E-state index in [9.17, 15) is 9.59 Å². The fraction of sp³-hybridized carbons (Fsp3) is 0.467. The van der Waals surface area contributed by atoms with Gasteiger partial charge in [0.1, 0.15) is 0 Å². The van der Waals surface area contributed by atoms with Crippen LogP contribution in [0.15, 0.2) is 28.7 Å². The third-order valence-corrected chi connectivity index (χ3v) is 4.65. The first kappa shape index (κ1) is 14.4. The van der Waals surface area contributed by atoms with Gasteiger partial charge in [-0.25, -0.2) is 4.79 Å². The average Bonchev–Trinajstić information content (AvgIpc) is 2.93. The van der Waals surface area contributed by atoms with Gasteiger partial charge >= 0.3 is 6.03 Å². The molecule has 1 aromatic rings. The summed E-state index contributed by atoms with van der Waals surface area (Å²) in [6.07, 6.45) is 1.71. The molecule has 21 heavy (non-hydrogen) atoms. The van der Waals surface area contributed by atoms with Crippen LogP contribution in [0, 0.1) is 0 Å². The molecular weight excluding hydrogens is 334 g/mol. The lowest BCUT2D eigenvalue weighted by molar-refractivity contribution is 0.0666. The number of rotatable bonds is 2. The number of urea groups is 1. The molecule has 2 fully saturated rings. The number of carbonyl (C=O) groups excluding carboxylic acids is 2. The van der Waals surface area contributed by atoms with Crippen LogP contribution in [-0.2, 0) is 0 Å². The highest BCUT2D eigenvalue weighted by atomic mass is 79.9. The third-order valence-electron chi connectivity index (χ3n) is 4.15. The van der Waals surface area contributed by atoms with Crippen LogP contribution in [0.2, 0.25) is 0 Å². The highest BCUT2D eigenvalue weighted by Crippen LogP contribution is 2.21. The molecule has 0 unspecified atom stereocenters. The first-order chi connectivity index (χ1) is 10.1. The second-order valence-electron chi connectivity index (χ2n) is 5.46. The molecule has 6 heteroatoms. The maximum absolute atomic E-state index is 12.5. The van der Waals surface area contributed by atoms with E-state index in [-0.39, 0.29) is 18.0 Å². The van der Waals surface area contributed by atoms with Gasteiger partial charge in [-0.15, -0.1) is 0 Å². The molecular formula is C15H18BrN3O2. The summed E-state index contributed by atoms with van der Waals surface area (Å²) in [5.41, 5.74) is 0.710. The number of hydrogen-bond donors (Lipinski definition) is 1. The number of likely N-dealkylation sites (tertiary alicyclic amines) is 1. The Kier molecular flexibility index (Phi) is 4.14. The zero-order valence-electron chi connectivity index (χ0n) is 11.7. The SMILES string of the molecule is O=C(c1cccc(Br)c1)N1CCC(N2CCNC2=O)CC1. The van der Waals surface area contributed by atoms with Crippen molar-refractivity contribution in [2.24, 2.45) is 0 Å². The van der Waals surface area contributed by atoms with Crippen LogP contribution in [0.5, 0.6) is 0 Å². The lowest BCUT2D eigenvalue weighted by atomic mass is 10.0. The van der Waals surface area contributed by atoms with Crippen molar-refractivity contribution in [3.63, 3.8) is 0 Å². The number of carbonyl (C=O) groups is 2. The van der Waals surface area contributed by atoms with Gasteiger partial charge in [0.15, 0.2) is 0 Å². The molecule has 3 amide bonds. The van der Waals surface area contributed by atoms with Crippen LogP contribution in [0.3, 0.4) is 0 Å². The molecule has 2 aliphatic heterocycles. The molecule has 1 N–H and O–H groups in total. The minimum absolute atomic E-state index is 0.0340.